The monoisotopic (exact) mass is 309 g/mol. The lowest BCUT2D eigenvalue weighted by molar-refractivity contribution is -0.121. The normalized spacial score (nSPS) is 15.9. The maximum atomic E-state index is 12.0. The molecule has 114 valence electrons. The summed E-state index contributed by atoms with van der Waals surface area (Å²) >= 11 is 0. The SMILES string of the molecule is CC(C)CNC(=O)CCC1=NS(=O)(=O)c2ccccc2N1. The van der Waals surface area contributed by atoms with Gasteiger partial charge in [0.15, 0.2) is 0 Å². The predicted molar refractivity (Wildman–Crippen MR) is 81.8 cm³/mol. The molecule has 0 aliphatic carbocycles. The number of amides is 1. The summed E-state index contributed by atoms with van der Waals surface area (Å²) in [4.78, 5) is 11.8. The Kier molecular flexibility index (Phi) is 4.62. The van der Waals surface area contributed by atoms with Gasteiger partial charge in [0.25, 0.3) is 10.0 Å². The van der Waals surface area contributed by atoms with Gasteiger partial charge >= 0.3 is 0 Å². The highest BCUT2D eigenvalue weighted by atomic mass is 32.2. The Morgan fingerprint density at radius 1 is 1.33 bits per heavy atom. The molecule has 21 heavy (non-hydrogen) atoms. The van der Waals surface area contributed by atoms with Gasteiger partial charge < -0.3 is 10.6 Å². The lowest BCUT2D eigenvalue weighted by Gasteiger charge is -2.17. The molecule has 1 aromatic carbocycles. The minimum Gasteiger partial charge on any atom is -0.356 e. The van der Waals surface area contributed by atoms with Crippen molar-refractivity contribution in [1.29, 1.82) is 0 Å². The average Bonchev–Trinajstić information content (AvgIpc) is 2.42. The molecule has 7 heteroatoms. The van der Waals surface area contributed by atoms with Crippen LogP contribution in [0, 0.1) is 5.92 Å². The van der Waals surface area contributed by atoms with E-state index in [0.717, 1.165) is 0 Å². The molecule has 0 aromatic heterocycles. The fourth-order valence-corrected chi connectivity index (χ4v) is 3.09. The zero-order valence-electron chi connectivity index (χ0n) is 12.1. The van der Waals surface area contributed by atoms with Gasteiger partial charge in [-0.1, -0.05) is 26.0 Å². The van der Waals surface area contributed by atoms with Crippen molar-refractivity contribution in [3.63, 3.8) is 0 Å². The second-order valence-electron chi connectivity index (χ2n) is 5.33. The Morgan fingerprint density at radius 2 is 2.05 bits per heavy atom. The Balaban J connectivity index is 2.00. The van der Waals surface area contributed by atoms with Gasteiger partial charge in [-0.05, 0) is 18.1 Å². The lowest BCUT2D eigenvalue weighted by Crippen LogP contribution is -2.29. The molecule has 1 aliphatic rings. The largest absolute Gasteiger partial charge is 0.356 e. The Morgan fingerprint density at radius 3 is 2.76 bits per heavy atom. The molecule has 1 aliphatic heterocycles. The van der Waals surface area contributed by atoms with Gasteiger partial charge in [0.1, 0.15) is 10.7 Å². The zero-order valence-corrected chi connectivity index (χ0v) is 12.9. The first kappa shape index (κ1) is 15.5. The highest BCUT2D eigenvalue weighted by molar-refractivity contribution is 7.90. The van der Waals surface area contributed by atoms with E-state index in [1.165, 1.54) is 6.07 Å². The number of carbonyl (C=O) groups excluding carboxylic acids is 1. The number of carbonyl (C=O) groups is 1. The van der Waals surface area contributed by atoms with Crippen molar-refractivity contribution in [2.45, 2.75) is 31.6 Å². The molecule has 0 spiro atoms. The number of hydrogen-bond acceptors (Lipinski definition) is 4. The summed E-state index contributed by atoms with van der Waals surface area (Å²) in [5.74, 6) is 0.573. The predicted octanol–water partition coefficient (Wildman–Crippen LogP) is 1.75. The molecule has 1 aromatic rings. The third-order valence-corrected chi connectivity index (χ3v) is 4.34. The van der Waals surface area contributed by atoms with Crippen LogP contribution in [0.25, 0.3) is 0 Å². The first-order chi connectivity index (χ1) is 9.88. The quantitative estimate of drug-likeness (QED) is 0.867. The van der Waals surface area contributed by atoms with Crippen molar-refractivity contribution in [3.8, 4) is 0 Å². The summed E-state index contributed by atoms with van der Waals surface area (Å²) in [6.45, 7) is 4.63. The van der Waals surface area contributed by atoms with Crippen molar-refractivity contribution in [1.82, 2.24) is 5.32 Å². The molecule has 0 atom stereocenters. The highest BCUT2D eigenvalue weighted by Gasteiger charge is 2.24. The van der Waals surface area contributed by atoms with Crippen LogP contribution in [0.5, 0.6) is 0 Å². The van der Waals surface area contributed by atoms with Gasteiger partial charge in [0.2, 0.25) is 5.91 Å². The van der Waals surface area contributed by atoms with Crippen LogP contribution in [0.2, 0.25) is 0 Å². The highest BCUT2D eigenvalue weighted by Crippen LogP contribution is 2.27. The van der Waals surface area contributed by atoms with Gasteiger partial charge in [0.05, 0.1) is 5.69 Å². The van der Waals surface area contributed by atoms with Crippen LogP contribution in [0.4, 0.5) is 5.69 Å². The first-order valence-corrected chi connectivity index (χ1v) is 8.29. The van der Waals surface area contributed by atoms with Crippen LogP contribution in [0.1, 0.15) is 26.7 Å². The van der Waals surface area contributed by atoms with Crippen LogP contribution < -0.4 is 10.6 Å². The van der Waals surface area contributed by atoms with Crippen LogP contribution >= 0.6 is 0 Å². The van der Waals surface area contributed by atoms with Crippen LogP contribution in [0.15, 0.2) is 33.6 Å². The fraction of sp³-hybridized carbons (Fsp3) is 0.429. The molecular formula is C14H19N3O3S. The van der Waals surface area contributed by atoms with Crippen molar-refractivity contribution in [2.75, 3.05) is 11.9 Å². The number of sulfonamides is 1. The van der Waals surface area contributed by atoms with Gasteiger partial charge in [-0.3, -0.25) is 4.79 Å². The molecule has 0 bridgehead atoms. The van der Waals surface area contributed by atoms with Crippen molar-refractivity contribution in [3.05, 3.63) is 24.3 Å². The zero-order chi connectivity index (χ0) is 15.5. The second kappa shape index (κ2) is 6.26. The molecule has 1 heterocycles. The van der Waals surface area contributed by atoms with E-state index in [-0.39, 0.29) is 23.6 Å². The van der Waals surface area contributed by atoms with E-state index in [9.17, 15) is 13.2 Å². The topological polar surface area (TPSA) is 87.6 Å². The summed E-state index contributed by atoms with van der Waals surface area (Å²) < 4.78 is 27.8. The Labute approximate surface area is 124 Å². The summed E-state index contributed by atoms with van der Waals surface area (Å²) in [5, 5.41) is 5.75. The average molecular weight is 309 g/mol. The number of para-hydroxylation sites is 1. The smallest absolute Gasteiger partial charge is 0.286 e. The molecule has 0 saturated heterocycles. The Hall–Kier alpha value is -1.89. The van der Waals surface area contributed by atoms with Crippen molar-refractivity contribution >= 4 is 27.5 Å². The lowest BCUT2D eigenvalue weighted by atomic mass is 10.2. The molecule has 1 amide bonds. The van der Waals surface area contributed by atoms with Gasteiger partial charge in [-0.15, -0.1) is 4.40 Å². The van der Waals surface area contributed by atoms with E-state index in [0.29, 0.717) is 24.0 Å². The number of nitrogens with one attached hydrogen (secondary N) is 2. The molecule has 0 saturated carbocycles. The Bertz CT molecular complexity index is 666. The number of anilines is 1. The van der Waals surface area contributed by atoms with Gasteiger partial charge in [0, 0.05) is 19.4 Å². The van der Waals surface area contributed by atoms with Gasteiger partial charge in [-0.25, -0.2) is 0 Å². The minimum absolute atomic E-state index is 0.107. The van der Waals surface area contributed by atoms with Crippen LogP contribution in [-0.2, 0) is 14.8 Å². The third kappa shape index (κ3) is 4.04. The maximum absolute atomic E-state index is 12.0. The van der Waals surface area contributed by atoms with E-state index in [4.69, 9.17) is 0 Å². The molecule has 0 unspecified atom stereocenters. The standard InChI is InChI=1S/C14H19N3O3S/c1-10(2)9-15-14(18)8-7-13-16-11-5-3-4-6-12(11)21(19,20)17-13/h3-6,10H,7-9H2,1-2H3,(H,15,18)(H,16,17). The molecule has 2 N–H and O–H groups in total. The van der Waals surface area contributed by atoms with E-state index in [1.54, 1.807) is 18.2 Å². The molecular weight excluding hydrogens is 290 g/mol. The van der Waals surface area contributed by atoms with E-state index < -0.39 is 10.0 Å². The number of benzene rings is 1. The number of nitrogens with zero attached hydrogens (tertiary/aromatic N) is 1. The minimum atomic E-state index is -3.67. The van der Waals surface area contributed by atoms with Crippen molar-refractivity contribution < 1.29 is 13.2 Å². The number of amidine groups is 1. The number of rotatable bonds is 5. The fourth-order valence-electron chi connectivity index (χ4n) is 1.91. The summed E-state index contributed by atoms with van der Waals surface area (Å²) in [7, 11) is -3.67. The number of hydrogen-bond donors (Lipinski definition) is 2. The van der Waals surface area contributed by atoms with E-state index >= 15 is 0 Å². The van der Waals surface area contributed by atoms with Crippen LogP contribution in [-0.4, -0.2) is 26.7 Å². The second-order valence-corrected chi connectivity index (χ2v) is 6.90. The first-order valence-electron chi connectivity index (χ1n) is 6.85. The summed E-state index contributed by atoms with van der Waals surface area (Å²) in [6, 6.07) is 6.59. The third-order valence-electron chi connectivity index (χ3n) is 2.97. The molecule has 0 fully saturated rings. The summed E-state index contributed by atoms with van der Waals surface area (Å²) in [6.07, 6.45) is 0.466. The van der Waals surface area contributed by atoms with E-state index in [1.807, 2.05) is 13.8 Å². The van der Waals surface area contributed by atoms with Gasteiger partial charge in [-0.2, -0.15) is 8.42 Å². The molecule has 6 nitrogen and oxygen atoms in total. The van der Waals surface area contributed by atoms with E-state index in [2.05, 4.69) is 15.0 Å². The van der Waals surface area contributed by atoms with Crippen LogP contribution in [0.3, 0.4) is 0 Å². The summed E-state index contributed by atoms with van der Waals surface area (Å²) in [5.41, 5.74) is 0.505. The molecule has 2 rings (SSSR count). The van der Waals surface area contributed by atoms with Crippen molar-refractivity contribution in [2.24, 2.45) is 10.3 Å². The number of fused-ring (bicyclic) bond motifs is 1. The maximum Gasteiger partial charge on any atom is 0.286 e. The molecule has 0 radical (unpaired) electrons.